The highest BCUT2D eigenvalue weighted by atomic mass is 32.2. The summed E-state index contributed by atoms with van der Waals surface area (Å²) in [4.78, 5) is 56.1. The number of carbonyl (C=O) groups is 4. The molecule has 3 aromatic heterocycles. The first kappa shape index (κ1) is 45.5. The first-order chi connectivity index (χ1) is 31.6. The summed E-state index contributed by atoms with van der Waals surface area (Å²) in [5.41, 5.74) is 11.6. The summed E-state index contributed by atoms with van der Waals surface area (Å²) < 4.78 is 74.9. The summed E-state index contributed by atoms with van der Waals surface area (Å²) in [6.07, 6.45) is 8.25. The molecule has 5 heterocycles. The van der Waals surface area contributed by atoms with Gasteiger partial charge in [0.05, 0.1) is 22.9 Å². The van der Waals surface area contributed by atoms with Gasteiger partial charge in [-0.15, -0.1) is 0 Å². The van der Waals surface area contributed by atoms with Gasteiger partial charge >= 0.3 is 5.76 Å². The molecule has 8 rings (SSSR count). The van der Waals surface area contributed by atoms with E-state index >= 15 is 0 Å². The molecule has 0 saturated carbocycles. The van der Waals surface area contributed by atoms with E-state index in [0.717, 1.165) is 24.8 Å². The Balaban J connectivity index is 0.898. The summed E-state index contributed by atoms with van der Waals surface area (Å²) >= 11 is 0. The molecule has 0 bridgehead atoms. The molecule has 1 fully saturated rings. The summed E-state index contributed by atoms with van der Waals surface area (Å²) in [5, 5.41) is 15.1. The molecule has 0 aliphatic carbocycles. The average molecular weight is 926 g/mol. The van der Waals surface area contributed by atoms with Crippen LogP contribution < -0.4 is 21.1 Å². The number of aryl methyl sites for hydroxylation is 2. The van der Waals surface area contributed by atoms with Gasteiger partial charge < -0.3 is 20.7 Å². The van der Waals surface area contributed by atoms with Crippen LogP contribution in [-0.2, 0) is 50.1 Å². The van der Waals surface area contributed by atoms with E-state index in [1.165, 1.54) is 41.3 Å². The number of pyridine rings is 1. The van der Waals surface area contributed by atoms with Gasteiger partial charge in [0.2, 0.25) is 27.6 Å². The van der Waals surface area contributed by atoms with Crippen LogP contribution in [0.1, 0.15) is 85.0 Å². The summed E-state index contributed by atoms with van der Waals surface area (Å²) in [6, 6.07) is 14.4. The number of hydrogen-bond donors (Lipinski definition) is 3. The standard InChI is InChI=1S/C46H46F3N9O7S/c1-26(27-13-15-31(47)16-14-27)65-37-20-28(11-12-29(37)25-66(63,64)46(48)49)41-40-42(56(2)55-41)33(22-51-43(40)50)30-21-52-57(23-30)19-6-4-3-5-10-38(59)53-35-9-7-8-32-34(35)24-58(45(32)62)36-17-18-39(60)54-44(36)61/h7-9,11-16,20-23,26,36,46H,3-6,10,17-19,24-25H2,1-2H3,(H2,50,51)(H,53,59)(H,54,60,61)/t26-,36?/m0/s1. The van der Waals surface area contributed by atoms with Crippen LogP contribution in [0.4, 0.5) is 24.7 Å². The minimum Gasteiger partial charge on any atom is -0.486 e. The van der Waals surface area contributed by atoms with Crippen LogP contribution in [0.3, 0.4) is 0 Å². The van der Waals surface area contributed by atoms with E-state index in [4.69, 9.17) is 15.6 Å². The van der Waals surface area contributed by atoms with Crippen molar-refractivity contribution in [2.24, 2.45) is 7.05 Å². The van der Waals surface area contributed by atoms with Gasteiger partial charge in [-0.1, -0.05) is 43.2 Å². The van der Waals surface area contributed by atoms with Gasteiger partial charge in [-0.05, 0) is 62.1 Å². The molecule has 2 atom stereocenters. The maximum atomic E-state index is 13.6. The van der Waals surface area contributed by atoms with Crippen molar-refractivity contribution in [1.29, 1.82) is 0 Å². The van der Waals surface area contributed by atoms with E-state index in [-0.39, 0.29) is 60.7 Å². The average Bonchev–Trinajstić information content (AvgIpc) is 3.99. The number of carbonyl (C=O) groups excluding carboxylic acids is 4. The lowest BCUT2D eigenvalue weighted by atomic mass is 10.0. The molecule has 0 radical (unpaired) electrons. The number of imide groups is 1. The van der Waals surface area contributed by atoms with Crippen LogP contribution in [0.25, 0.3) is 33.3 Å². The number of nitrogens with zero attached hydrogens (tertiary/aromatic N) is 6. The maximum Gasteiger partial charge on any atom is 0.337 e. The molecule has 1 saturated heterocycles. The molecule has 0 spiro atoms. The third-order valence-electron chi connectivity index (χ3n) is 11.8. The lowest BCUT2D eigenvalue weighted by molar-refractivity contribution is -0.137. The zero-order valence-electron chi connectivity index (χ0n) is 36.0. The van der Waals surface area contributed by atoms with Crippen molar-refractivity contribution in [3.8, 4) is 28.1 Å². The highest BCUT2D eigenvalue weighted by molar-refractivity contribution is 7.90. The fourth-order valence-electron chi connectivity index (χ4n) is 8.40. The molecule has 3 aromatic carbocycles. The predicted octanol–water partition coefficient (Wildman–Crippen LogP) is 6.85. The number of amides is 4. The maximum absolute atomic E-state index is 13.6. The van der Waals surface area contributed by atoms with Crippen molar-refractivity contribution in [1.82, 2.24) is 34.8 Å². The van der Waals surface area contributed by atoms with E-state index in [9.17, 15) is 40.8 Å². The molecule has 2 aliphatic heterocycles. The van der Waals surface area contributed by atoms with Crippen molar-refractivity contribution >= 4 is 55.9 Å². The molecule has 1 unspecified atom stereocenters. The smallest absolute Gasteiger partial charge is 0.337 e. The fraction of sp³-hybridized carbons (Fsp3) is 0.326. The van der Waals surface area contributed by atoms with Crippen molar-refractivity contribution < 1.29 is 45.5 Å². The molecule has 344 valence electrons. The highest BCUT2D eigenvalue weighted by Gasteiger charge is 2.40. The molecule has 4 N–H and O–H groups in total. The molecule has 6 aromatic rings. The van der Waals surface area contributed by atoms with Crippen LogP contribution in [-0.4, -0.2) is 73.3 Å². The van der Waals surface area contributed by atoms with Crippen LogP contribution >= 0.6 is 0 Å². The molecular weight excluding hydrogens is 880 g/mol. The van der Waals surface area contributed by atoms with Crippen molar-refractivity contribution in [2.75, 3.05) is 11.1 Å². The van der Waals surface area contributed by atoms with Crippen LogP contribution in [0.5, 0.6) is 5.75 Å². The van der Waals surface area contributed by atoms with Gasteiger partial charge in [-0.3, -0.25) is 33.9 Å². The summed E-state index contributed by atoms with van der Waals surface area (Å²) in [5.74, 6) is -6.19. The number of aromatic nitrogens is 5. The van der Waals surface area contributed by atoms with Gasteiger partial charge in [0.25, 0.3) is 5.91 Å². The Kier molecular flexibility index (Phi) is 12.9. The number of anilines is 2. The van der Waals surface area contributed by atoms with Gasteiger partial charge in [-0.2, -0.15) is 19.0 Å². The molecule has 20 heteroatoms. The first-order valence-corrected chi connectivity index (χ1v) is 23.0. The minimum atomic E-state index is -4.82. The number of nitrogens with one attached hydrogen (secondary N) is 2. The van der Waals surface area contributed by atoms with E-state index in [0.29, 0.717) is 63.1 Å². The Morgan fingerprint density at radius 1 is 1.00 bits per heavy atom. The Morgan fingerprint density at radius 3 is 2.53 bits per heavy atom. The van der Waals surface area contributed by atoms with E-state index in [2.05, 4.69) is 20.7 Å². The number of sulfone groups is 1. The second-order valence-electron chi connectivity index (χ2n) is 16.4. The quantitative estimate of drug-likeness (QED) is 0.0636. The number of hydrogen-bond acceptors (Lipinski definition) is 11. The number of ether oxygens (including phenoxy) is 1. The third kappa shape index (κ3) is 9.49. The fourth-order valence-corrected chi connectivity index (χ4v) is 9.20. The Hall–Kier alpha value is -7.09. The van der Waals surface area contributed by atoms with Gasteiger partial charge in [0, 0.05) is 84.4 Å². The number of unbranched alkanes of at least 4 members (excludes halogenated alkanes) is 3. The Bertz CT molecular complexity index is 2980. The zero-order chi connectivity index (χ0) is 46.9. The monoisotopic (exact) mass is 925 g/mol. The SMILES string of the molecule is C[C@H](Oc1cc(-c2nn(C)c3c(-c4cnn(CCCCCCC(=O)Nc5cccc6c5CN(C5CCC(=O)NC5=O)C6=O)c4)cnc(N)c23)ccc1CS(=O)(=O)C(F)F)c1ccc(F)cc1. The Labute approximate surface area is 377 Å². The Morgan fingerprint density at radius 2 is 1.77 bits per heavy atom. The topological polar surface area (TPSA) is 213 Å². The van der Waals surface area contributed by atoms with Gasteiger partial charge in [0.1, 0.15) is 35.2 Å². The van der Waals surface area contributed by atoms with Crippen molar-refractivity contribution in [3.63, 3.8) is 0 Å². The number of benzene rings is 3. The molecule has 2 aliphatic rings. The number of rotatable bonds is 17. The minimum absolute atomic E-state index is 0.00577. The van der Waals surface area contributed by atoms with E-state index in [1.807, 2.05) is 10.9 Å². The lowest BCUT2D eigenvalue weighted by Crippen LogP contribution is -2.52. The lowest BCUT2D eigenvalue weighted by Gasteiger charge is -2.29. The van der Waals surface area contributed by atoms with Crippen molar-refractivity contribution in [2.45, 2.75) is 88.6 Å². The molecule has 16 nitrogen and oxygen atoms in total. The summed E-state index contributed by atoms with van der Waals surface area (Å²) in [7, 11) is -3.08. The summed E-state index contributed by atoms with van der Waals surface area (Å²) in [6.45, 7) is 2.44. The van der Waals surface area contributed by atoms with Gasteiger partial charge in [-0.25, -0.2) is 17.8 Å². The predicted molar refractivity (Wildman–Crippen MR) is 238 cm³/mol. The number of alkyl halides is 2. The molecule has 4 amide bonds. The number of fused-ring (bicyclic) bond motifs is 2. The third-order valence-corrected chi connectivity index (χ3v) is 13.1. The second kappa shape index (κ2) is 18.8. The number of piperidine rings is 1. The van der Waals surface area contributed by atoms with Crippen molar-refractivity contribution in [3.05, 3.63) is 107 Å². The normalized spacial score (nSPS) is 15.6. The van der Waals surface area contributed by atoms with Crippen LogP contribution in [0.2, 0.25) is 0 Å². The first-order valence-electron chi connectivity index (χ1n) is 21.3. The van der Waals surface area contributed by atoms with Crippen LogP contribution in [0.15, 0.2) is 79.3 Å². The largest absolute Gasteiger partial charge is 0.486 e. The van der Waals surface area contributed by atoms with Gasteiger partial charge in [0.15, 0.2) is 0 Å². The van der Waals surface area contributed by atoms with E-state index < -0.39 is 45.2 Å². The van der Waals surface area contributed by atoms with E-state index in [1.54, 1.807) is 55.3 Å². The molecular formula is C46H46F3N9O7S. The van der Waals surface area contributed by atoms with Crippen LogP contribution in [0, 0.1) is 5.82 Å². The number of nitrogen functional groups attached to an aromatic ring is 1. The number of nitrogens with two attached hydrogens (primary N) is 1. The highest BCUT2D eigenvalue weighted by Crippen LogP contribution is 2.40. The number of halogens is 3. The second-order valence-corrected chi connectivity index (χ2v) is 18.4. The molecule has 66 heavy (non-hydrogen) atoms. The zero-order valence-corrected chi connectivity index (χ0v) is 36.8.